The number of nitrogens with one attached hydrogen (secondary N) is 2. The second kappa shape index (κ2) is 5.90. The Morgan fingerprint density at radius 1 is 1.26 bits per heavy atom. The number of likely N-dealkylation sites (tertiary alicyclic amines) is 1. The summed E-state index contributed by atoms with van der Waals surface area (Å²) >= 11 is 0. The van der Waals surface area contributed by atoms with Crippen LogP contribution in [0.3, 0.4) is 0 Å². The van der Waals surface area contributed by atoms with E-state index < -0.39 is 22.9 Å². The van der Waals surface area contributed by atoms with Gasteiger partial charge in [0.15, 0.2) is 0 Å². The molecule has 2 saturated heterocycles. The fourth-order valence-corrected chi connectivity index (χ4v) is 3.01. The lowest BCUT2D eigenvalue weighted by molar-refractivity contribution is -0.132. The Hall–Kier alpha value is -2.58. The van der Waals surface area contributed by atoms with Crippen LogP contribution < -0.4 is 16.6 Å². The highest BCUT2D eigenvalue weighted by molar-refractivity contribution is 5.76. The van der Waals surface area contributed by atoms with E-state index >= 15 is 0 Å². The molecule has 3 rings (SSSR count). The molecule has 1 aromatic heterocycles. The van der Waals surface area contributed by atoms with Gasteiger partial charge in [0, 0.05) is 31.8 Å². The standard InChI is InChI=1S/C14H18N4O5/c19-10-2-6-18(12(21)16-10)8-11(20)17-5-1-3-14(4-7-17)9-15-13(22)23-14/h2,6H,1,3-5,7-9H2,(H,15,22)(H,16,19,21)/t14-/m0/s1. The minimum absolute atomic E-state index is 0.124. The van der Waals surface area contributed by atoms with Crippen LogP contribution in [0.1, 0.15) is 19.3 Å². The summed E-state index contributed by atoms with van der Waals surface area (Å²) in [6.45, 7) is 1.36. The van der Waals surface area contributed by atoms with Gasteiger partial charge in [-0.3, -0.25) is 19.1 Å². The summed E-state index contributed by atoms with van der Waals surface area (Å²) in [6, 6.07) is 1.20. The molecular weight excluding hydrogens is 304 g/mol. The maximum atomic E-state index is 12.4. The lowest BCUT2D eigenvalue weighted by Crippen LogP contribution is -2.40. The van der Waals surface area contributed by atoms with Gasteiger partial charge in [-0.15, -0.1) is 0 Å². The van der Waals surface area contributed by atoms with Crippen molar-refractivity contribution in [1.82, 2.24) is 19.8 Å². The van der Waals surface area contributed by atoms with Crippen molar-refractivity contribution in [3.8, 4) is 0 Å². The molecule has 2 aliphatic rings. The average Bonchev–Trinajstić information content (AvgIpc) is 2.74. The SMILES string of the molecule is O=C1NC[C@@]2(CCCN(C(=O)Cn3ccc(=O)[nH]c3=O)CC2)O1. The Bertz CT molecular complexity index is 739. The molecule has 2 aliphatic heterocycles. The van der Waals surface area contributed by atoms with E-state index in [-0.39, 0.29) is 12.5 Å². The molecule has 9 heteroatoms. The number of H-pyrrole nitrogens is 1. The summed E-state index contributed by atoms with van der Waals surface area (Å²) in [5.74, 6) is -0.200. The molecule has 2 amide bonds. The molecule has 3 heterocycles. The first kappa shape index (κ1) is 15.3. The van der Waals surface area contributed by atoms with Crippen LogP contribution in [0.15, 0.2) is 21.9 Å². The number of aromatic amines is 1. The third-order valence-electron chi connectivity index (χ3n) is 4.32. The third-order valence-corrected chi connectivity index (χ3v) is 4.32. The van der Waals surface area contributed by atoms with E-state index in [9.17, 15) is 19.2 Å². The fourth-order valence-electron chi connectivity index (χ4n) is 3.01. The minimum atomic E-state index is -0.605. The molecule has 0 saturated carbocycles. The summed E-state index contributed by atoms with van der Waals surface area (Å²) in [6.07, 6.45) is 2.89. The van der Waals surface area contributed by atoms with E-state index in [1.165, 1.54) is 16.8 Å². The number of nitrogens with zero attached hydrogens (tertiary/aromatic N) is 2. The smallest absolute Gasteiger partial charge is 0.407 e. The molecule has 124 valence electrons. The van der Waals surface area contributed by atoms with Gasteiger partial charge in [-0.25, -0.2) is 9.59 Å². The first-order valence-corrected chi connectivity index (χ1v) is 7.52. The summed E-state index contributed by atoms with van der Waals surface area (Å²) in [5.41, 5.74) is -1.63. The van der Waals surface area contributed by atoms with Gasteiger partial charge >= 0.3 is 11.8 Å². The van der Waals surface area contributed by atoms with Gasteiger partial charge in [-0.2, -0.15) is 0 Å². The highest BCUT2D eigenvalue weighted by Gasteiger charge is 2.41. The van der Waals surface area contributed by atoms with Crippen molar-refractivity contribution in [3.05, 3.63) is 33.1 Å². The zero-order valence-electron chi connectivity index (χ0n) is 12.5. The fraction of sp³-hybridized carbons (Fsp3) is 0.571. The maximum Gasteiger partial charge on any atom is 0.407 e. The van der Waals surface area contributed by atoms with E-state index in [4.69, 9.17) is 4.74 Å². The number of rotatable bonds is 2. The van der Waals surface area contributed by atoms with Crippen molar-refractivity contribution >= 4 is 12.0 Å². The van der Waals surface area contributed by atoms with Crippen molar-refractivity contribution in [2.45, 2.75) is 31.4 Å². The van der Waals surface area contributed by atoms with E-state index in [0.717, 1.165) is 6.42 Å². The van der Waals surface area contributed by atoms with Crippen molar-refractivity contribution < 1.29 is 14.3 Å². The monoisotopic (exact) mass is 322 g/mol. The Balaban J connectivity index is 1.65. The molecule has 0 unspecified atom stereocenters. The van der Waals surface area contributed by atoms with Gasteiger partial charge in [0.05, 0.1) is 6.54 Å². The topological polar surface area (TPSA) is 113 Å². The Kier molecular flexibility index (Phi) is 3.93. The van der Waals surface area contributed by atoms with Gasteiger partial charge in [0.2, 0.25) is 5.91 Å². The molecule has 2 N–H and O–H groups in total. The molecule has 2 fully saturated rings. The molecule has 1 atom stereocenters. The van der Waals surface area contributed by atoms with Crippen LogP contribution in [0.5, 0.6) is 0 Å². The average molecular weight is 322 g/mol. The van der Waals surface area contributed by atoms with Crippen LogP contribution in [0.4, 0.5) is 4.79 Å². The number of hydrogen-bond acceptors (Lipinski definition) is 5. The normalized spacial score (nSPS) is 24.2. The summed E-state index contributed by atoms with van der Waals surface area (Å²) in [5, 5.41) is 2.66. The molecule has 0 aromatic carbocycles. The molecule has 0 bridgehead atoms. The van der Waals surface area contributed by atoms with Gasteiger partial charge in [-0.1, -0.05) is 0 Å². The second-order valence-corrected chi connectivity index (χ2v) is 5.90. The van der Waals surface area contributed by atoms with E-state index in [1.54, 1.807) is 4.90 Å². The summed E-state index contributed by atoms with van der Waals surface area (Å²) < 4.78 is 6.53. The number of amides is 2. The van der Waals surface area contributed by atoms with E-state index in [0.29, 0.717) is 32.5 Å². The predicted molar refractivity (Wildman–Crippen MR) is 79.0 cm³/mol. The van der Waals surface area contributed by atoms with Gasteiger partial charge < -0.3 is 15.0 Å². The van der Waals surface area contributed by atoms with Crippen molar-refractivity contribution in [2.24, 2.45) is 0 Å². The van der Waals surface area contributed by atoms with E-state index in [1.807, 2.05) is 0 Å². The lowest BCUT2D eigenvalue weighted by Gasteiger charge is -2.25. The molecule has 0 aliphatic carbocycles. The summed E-state index contributed by atoms with van der Waals surface area (Å²) in [7, 11) is 0. The highest BCUT2D eigenvalue weighted by atomic mass is 16.6. The Morgan fingerprint density at radius 3 is 2.78 bits per heavy atom. The van der Waals surface area contributed by atoms with Crippen LogP contribution in [0, 0.1) is 0 Å². The second-order valence-electron chi connectivity index (χ2n) is 5.90. The molecule has 0 radical (unpaired) electrons. The number of aromatic nitrogens is 2. The summed E-state index contributed by atoms with van der Waals surface area (Å²) in [4.78, 5) is 50.1. The first-order valence-electron chi connectivity index (χ1n) is 7.52. The molecule has 1 spiro atoms. The van der Waals surface area contributed by atoms with Crippen LogP contribution in [0.25, 0.3) is 0 Å². The molecule has 23 heavy (non-hydrogen) atoms. The Labute approximate surface area is 131 Å². The zero-order valence-corrected chi connectivity index (χ0v) is 12.5. The highest BCUT2D eigenvalue weighted by Crippen LogP contribution is 2.29. The minimum Gasteiger partial charge on any atom is -0.441 e. The molecular formula is C14H18N4O5. The van der Waals surface area contributed by atoms with Crippen molar-refractivity contribution in [2.75, 3.05) is 19.6 Å². The number of carbonyl (C=O) groups is 2. The molecule has 1 aromatic rings. The van der Waals surface area contributed by atoms with Gasteiger partial charge in [0.25, 0.3) is 5.56 Å². The molecule has 9 nitrogen and oxygen atoms in total. The lowest BCUT2D eigenvalue weighted by atomic mass is 9.95. The maximum absolute atomic E-state index is 12.4. The number of hydrogen-bond donors (Lipinski definition) is 2. The third kappa shape index (κ3) is 3.27. The van der Waals surface area contributed by atoms with Crippen molar-refractivity contribution in [3.63, 3.8) is 0 Å². The zero-order chi connectivity index (χ0) is 16.4. The number of ether oxygens (including phenoxy) is 1. The van der Waals surface area contributed by atoms with Gasteiger partial charge in [0.1, 0.15) is 12.1 Å². The van der Waals surface area contributed by atoms with E-state index in [2.05, 4.69) is 10.3 Å². The van der Waals surface area contributed by atoms with Crippen molar-refractivity contribution in [1.29, 1.82) is 0 Å². The number of alkyl carbamates (subject to hydrolysis) is 1. The van der Waals surface area contributed by atoms with Crippen LogP contribution in [-0.2, 0) is 16.1 Å². The first-order chi connectivity index (χ1) is 11.0. The number of carbonyl (C=O) groups excluding carboxylic acids is 2. The largest absolute Gasteiger partial charge is 0.441 e. The van der Waals surface area contributed by atoms with Gasteiger partial charge in [-0.05, 0) is 12.8 Å². The van der Waals surface area contributed by atoms with Crippen LogP contribution >= 0.6 is 0 Å². The van der Waals surface area contributed by atoms with Crippen LogP contribution in [-0.4, -0.2) is 51.7 Å². The van der Waals surface area contributed by atoms with Crippen LogP contribution in [0.2, 0.25) is 0 Å². The predicted octanol–water partition coefficient (Wildman–Crippen LogP) is -0.972. The Morgan fingerprint density at radius 2 is 2.09 bits per heavy atom. The quantitative estimate of drug-likeness (QED) is 0.727.